The molecule has 218 valence electrons. The fraction of sp³-hybridized carbons (Fsp3) is 0.370. The zero-order chi connectivity index (χ0) is 29.9. The van der Waals surface area contributed by atoms with Gasteiger partial charge >= 0.3 is 18.3 Å². The molecule has 6 nitrogen and oxygen atoms in total. The van der Waals surface area contributed by atoms with E-state index < -0.39 is 37.6 Å². The quantitative estimate of drug-likeness (QED) is 0.205. The summed E-state index contributed by atoms with van der Waals surface area (Å²) in [7, 11) is 0. The van der Waals surface area contributed by atoms with Gasteiger partial charge in [0.15, 0.2) is 19.3 Å². The first kappa shape index (κ1) is 32.8. The summed E-state index contributed by atoms with van der Waals surface area (Å²) in [4.78, 5) is 11.3. The molecule has 0 aliphatic carbocycles. The predicted octanol–water partition coefficient (Wildman–Crippen LogP) is 6.74. The molecule has 0 amide bonds. The number of hydrogen-bond donors (Lipinski definition) is 1. The number of carbonyl (C=O) groups is 1. The molecule has 2 rings (SSSR count). The number of hydrogen-bond acceptors (Lipinski definition) is 5. The van der Waals surface area contributed by atoms with E-state index in [1.165, 1.54) is 0 Å². The Morgan fingerprint density at radius 2 is 1.60 bits per heavy atom. The van der Waals surface area contributed by atoms with E-state index in [9.17, 15) is 36.2 Å². The van der Waals surface area contributed by atoms with E-state index in [-0.39, 0.29) is 36.7 Å². The van der Waals surface area contributed by atoms with E-state index >= 15 is 0 Å². The summed E-state index contributed by atoms with van der Waals surface area (Å²) in [6.45, 7) is 0.419. The summed E-state index contributed by atoms with van der Waals surface area (Å²) < 4.78 is 95.8. The van der Waals surface area contributed by atoms with Crippen LogP contribution >= 0.6 is 15.9 Å². The first-order valence-corrected chi connectivity index (χ1v) is 12.4. The Morgan fingerprint density at radius 1 is 1.00 bits per heavy atom. The molecule has 0 unspecified atom stereocenters. The van der Waals surface area contributed by atoms with E-state index in [1.54, 1.807) is 38.1 Å². The van der Waals surface area contributed by atoms with Crippen LogP contribution in [0.1, 0.15) is 25.0 Å². The second-order valence-corrected chi connectivity index (χ2v) is 9.05. The van der Waals surface area contributed by atoms with Gasteiger partial charge in [-0.2, -0.15) is 26.3 Å². The van der Waals surface area contributed by atoms with Gasteiger partial charge in [0.25, 0.3) is 0 Å². The number of halogens is 7. The fourth-order valence-electron chi connectivity index (χ4n) is 3.04. The highest BCUT2D eigenvalue weighted by Gasteiger charge is 2.30. The Morgan fingerprint density at radius 3 is 2.10 bits per heavy atom. The molecule has 13 heteroatoms. The number of rotatable bonds is 12. The van der Waals surface area contributed by atoms with Crippen molar-refractivity contribution >= 4 is 21.9 Å². The molecule has 0 aromatic heterocycles. The van der Waals surface area contributed by atoms with Gasteiger partial charge < -0.3 is 24.1 Å². The number of aliphatic carboxylic acids is 1. The lowest BCUT2D eigenvalue weighted by atomic mass is 10.1. The van der Waals surface area contributed by atoms with Crippen LogP contribution in [0, 0.1) is 11.8 Å². The lowest BCUT2D eigenvalue weighted by Crippen LogP contribution is -2.26. The molecule has 0 aliphatic rings. The van der Waals surface area contributed by atoms with Gasteiger partial charge in [0, 0.05) is 24.7 Å². The third-order valence-electron chi connectivity index (χ3n) is 4.78. The van der Waals surface area contributed by atoms with Crippen LogP contribution in [-0.4, -0.2) is 56.0 Å². The molecule has 0 spiro atoms. The summed E-state index contributed by atoms with van der Waals surface area (Å²) in [5.74, 6) is 4.12. The van der Waals surface area contributed by atoms with Crippen molar-refractivity contribution in [2.45, 2.75) is 38.7 Å². The Balaban J connectivity index is 2.09. The third kappa shape index (κ3) is 12.7. The van der Waals surface area contributed by atoms with Crippen LogP contribution in [0.25, 0.3) is 0 Å². The largest absolute Gasteiger partial charge is 0.488 e. The molecule has 40 heavy (non-hydrogen) atoms. The smallest absolute Gasteiger partial charge is 0.422 e. The summed E-state index contributed by atoms with van der Waals surface area (Å²) in [5.41, 5.74) is 1.31. The molecular weight excluding hydrogens is 614 g/mol. The molecule has 0 heterocycles. The second kappa shape index (κ2) is 14.9. The maximum Gasteiger partial charge on any atom is 0.422 e. The van der Waals surface area contributed by atoms with Crippen molar-refractivity contribution in [3.8, 4) is 29.1 Å². The molecule has 1 N–H and O–H groups in total. The number of ether oxygens (including phenoxy) is 4. The van der Waals surface area contributed by atoms with Crippen LogP contribution in [0.15, 0.2) is 52.5 Å². The van der Waals surface area contributed by atoms with Crippen molar-refractivity contribution in [3.05, 3.63) is 63.6 Å². The first-order valence-electron chi connectivity index (χ1n) is 11.6. The Hall–Kier alpha value is -3.37. The van der Waals surface area contributed by atoms with Crippen LogP contribution in [0.3, 0.4) is 0 Å². The topological polar surface area (TPSA) is 74.2 Å². The van der Waals surface area contributed by atoms with Gasteiger partial charge in [0.05, 0.1) is 4.47 Å². The minimum Gasteiger partial charge on any atom is -0.488 e. The van der Waals surface area contributed by atoms with E-state index in [0.29, 0.717) is 15.8 Å². The Labute approximate surface area is 235 Å². The van der Waals surface area contributed by atoms with Crippen molar-refractivity contribution in [2.24, 2.45) is 0 Å². The van der Waals surface area contributed by atoms with Crippen molar-refractivity contribution in [1.82, 2.24) is 0 Å². The molecule has 2 aromatic rings. The van der Waals surface area contributed by atoms with Crippen LogP contribution in [0.4, 0.5) is 26.3 Å². The van der Waals surface area contributed by atoms with E-state index in [2.05, 4.69) is 37.2 Å². The maximum atomic E-state index is 12.5. The molecule has 0 bridgehead atoms. The van der Waals surface area contributed by atoms with Crippen molar-refractivity contribution in [2.75, 3.05) is 26.4 Å². The first-order chi connectivity index (χ1) is 18.6. The molecule has 2 aromatic carbocycles. The highest BCUT2D eigenvalue weighted by Crippen LogP contribution is 2.28. The molecule has 0 aliphatic heterocycles. The molecule has 0 radical (unpaired) electrons. The minimum absolute atomic E-state index is 0.0792. The van der Waals surface area contributed by atoms with Gasteiger partial charge in [0.1, 0.15) is 23.9 Å². The molecular formula is C27H25BrF6O6. The van der Waals surface area contributed by atoms with E-state index in [1.807, 2.05) is 0 Å². The van der Waals surface area contributed by atoms with Crippen molar-refractivity contribution < 1.29 is 55.2 Å². The summed E-state index contributed by atoms with van der Waals surface area (Å²) >= 11 is 3.38. The number of allylic oxidation sites excluding steroid dienone is 1. The maximum absolute atomic E-state index is 12.5. The highest BCUT2D eigenvalue weighted by atomic mass is 79.9. The zero-order valence-electron chi connectivity index (χ0n) is 21.3. The van der Waals surface area contributed by atoms with E-state index in [4.69, 9.17) is 9.47 Å². The zero-order valence-corrected chi connectivity index (χ0v) is 22.9. The van der Waals surface area contributed by atoms with Gasteiger partial charge in [0.2, 0.25) is 0 Å². The van der Waals surface area contributed by atoms with Crippen molar-refractivity contribution in [3.63, 3.8) is 0 Å². The molecule has 0 saturated heterocycles. The van der Waals surface area contributed by atoms with Gasteiger partial charge in [-0.3, -0.25) is 0 Å². The van der Waals surface area contributed by atoms with Gasteiger partial charge in [-0.05, 0) is 71.3 Å². The van der Waals surface area contributed by atoms with Crippen LogP contribution in [0.2, 0.25) is 0 Å². The predicted molar refractivity (Wildman–Crippen MR) is 137 cm³/mol. The highest BCUT2D eigenvalue weighted by molar-refractivity contribution is 9.10. The standard InChI is InChI=1S/C27H25BrF6O6/c1-3-37-24(25(35)36)13-19-6-7-23(22(28)12-19)38-9-8-17(2)4-5-18-10-20(39-15-26(29,30)31)14-21(11-18)40-16-27(32,33)34/h6-8,10-12,14,24H,3,9,13,15-16H2,1-2H3,(H,35,36)/b17-8-/t24-/m0/s1. The monoisotopic (exact) mass is 638 g/mol. The average Bonchev–Trinajstić information content (AvgIpc) is 2.85. The lowest BCUT2D eigenvalue weighted by Gasteiger charge is -2.13. The fourth-order valence-corrected chi connectivity index (χ4v) is 3.58. The van der Waals surface area contributed by atoms with Crippen LogP contribution < -0.4 is 14.2 Å². The third-order valence-corrected chi connectivity index (χ3v) is 5.40. The average molecular weight is 639 g/mol. The van der Waals surface area contributed by atoms with Gasteiger partial charge in [-0.15, -0.1) is 0 Å². The number of carboxylic acids is 1. The summed E-state index contributed by atoms with van der Waals surface area (Å²) in [5, 5.41) is 9.23. The SMILES string of the molecule is CCO[C@@H](Cc1ccc(OC/C=C(/C)C#Cc2cc(OCC(F)(F)F)cc(OCC(F)(F)F)c2)c(Br)c1)C(=O)O. The Bertz CT molecular complexity index is 1210. The number of carboxylic acid groups (broad SMARTS) is 1. The van der Waals surface area contributed by atoms with Crippen LogP contribution in [-0.2, 0) is 16.0 Å². The second-order valence-electron chi connectivity index (χ2n) is 8.20. The Kier molecular flexibility index (Phi) is 12.2. The van der Waals surface area contributed by atoms with E-state index in [0.717, 1.165) is 23.8 Å². The van der Waals surface area contributed by atoms with Gasteiger partial charge in [-0.1, -0.05) is 17.9 Å². The molecule has 0 fully saturated rings. The molecule has 1 atom stereocenters. The number of alkyl halides is 6. The lowest BCUT2D eigenvalue weighted by molar-refractivity contribution is -0.154. The summed E-state index contributed by atoms with van der Waals surface area (Å²) in [6, 6.07) is 8.31. The summed E-state index contributed by atoms with van der Waals surface area (Å²) in [6.07, 6.45) is -8.48. The molecule has 0 saturated carbocycles. The van der Waals surface area contributed by atoms with Gasteiger partial charge in [-0.25, -0.2) is 4.79 Å². The number of benzene rings is 2. The normalized spacial score (nSPS) is 12.8. The van der Waals surface area contributed by atoms with Crippen LogP contribution in [0.5, 0.6) is 17.2 Å². The minimum atomic E-state index is -4.65. The van der Waals surface area contributed by atoms with Crippen molar-refractivity contribution in [1.29, 1.82) is 0 Å².